The van der Waals surface area contributed by atoms with E-state index in [2.05, 4.69) is 25.1 Å². The fourth-order valence-corrected chi connectivity index (χ4v) is 3.99. The molecule has 0 spiro atoms. The summed E-state index contributed by atoms with van der Waals surface area (Å²) >= 11 is 1.51. The van der Waals surface area contributed by atoms with E-state index in [4.69, 9.17) is 0 Å². The molecule has 5 heterocycles. The second-order valence-electron chi connectivity index (χ2n) is 5.56. The second kappa shape index (κ2) is 5.32. The number of hydrogen-bond acceptors (Lipinski definition) is 6. The van der Waals surface area contributed by atoms with E-state index in [1.54, 1.807) is 0 Å². The Morgan fingerprint density at radius 3 is 2.95 bits per heavy atom. The van der Waals surface area contributed by atoms with Crippen molar-refractivity contribution in [1.29, 1.82) is 0 Å². The highest BCUT2D eigenvalue weighted by atomic mass is 32.1. The maximum absolute atomic E-state index is 12.4. The van der Waals surface area contributed by atoms with E-state index in [-0.39, 0.29) is 5.91 Å². The minimum absolute atomic E-state index is 0.0949. The van der Waals surface area contributed by atoms with Crippen LogP contribution in [-0.4, -0.2) is 71.0 Å². The number of fused-ring (bicyclic) bond motifs is 4. The number of amides is 1. The van der Waals surface area contributed by atoms with Gasteiger partial charge < -0.3 is 5.32 Å². The van der Waals surface area contributed by atoms with E-state index in [0.29, 0.717) is 18.3 Å². The monoisotopic (exact) mass is 303 g/mol. The molecule has 21 heavy (non-hydrogen) atoms. The largest absolute Gasteiger partial charge is 0.349 e. The number of hydrogen-bond donors (Lipinski definition) is 1. The summed E-state index contributed by atoms with van der Waals surface area (Å²) in [5, 5.41) is 4.98. The van der Waals surface area contributed by atoms with E-state index in [0.717, 1.165) is 42.9 Å². The molecule has 7 heteroatoms. The predicted octanol–water partition coefficient (Wildman–Crippen LogP) is 0.421. The molecule has 0 unspecified atom stereocenters. The number of carbonyl (C=O) groups excluding carboxylic acids is 1. The van der Waals surface area contributed by atoms with Gasteiger partial charge in [-0.15, -0.1) is 11.3 Å². The molecule has 2 aromatic heterocycles. The van der Waals surface area contributed by atoms with Gasteiger partial charge in [-0.2, -0.15) is 0 Å². The number of thiophene rings is 1. The topological polar surface area (TPSA) is 61.4 Å². The summed E-state index contributed by atoms with van der Waals surface area (Å²) in [5.74, 6) is -0.0949. The number of nitrogens with one attached hydrogen (secondary N) is 1. The van der Waals surface area contributed by atoms with Gasteiger partial charge in [0.25, 0.3) is 5.91 Å². The second-order valence-corrected chi connectivity index (χ2v) is 6.47. The van der Waals surface area contributed by atoms with Crippen LogP contribution < -0.4 is 5.32 Å². The molecule has 6 nitrogen and oxygen atoms in total. The minimum atomic E-state index is -0.0949. The number of rotatable bonds is 3. The van der Waals surface area contributed by atoms with Gasteiger partial charge in [-0.1, -0.05) is 0 Å². The first-order valence-corrected chi connectivity index (χ1v) is 8.12. The van der Waals surface area contributed by atoms with Crippen molar-refractivity contribution in [2.24, 2.45) is 0 Å². The lowest BCUT2D eigenvalue weighted by molar-refractivity contribution is 0.0138. The zero-order valence-corrected chi connectivity index (χ0v) is 12.5. The molecule has 1 N–H and O–H groups in total. The first-order valence-electron chi connectivity index (χ1n) is 7.24. The molecule has 5 rings (SSSR count). The fraction of sp³-hybridized carbons (Fsp3) is 0.500. The highest BCUT2D eigenvalue weighted by Crippen LogP contribution is 2.21. The molecule has 2 bridgehead atoms. The Hall–Kier alpha value is -1.57. The summed E-state index contributed by atoms with van der Waals surface area (Å²) in [7, 11) is 0. The van der Waals surface area contributed by atoms with Gasteiger partial charge in [-0.3, -0.25) is 14.6 Å². The van der Waals surface area contributed by atoms with Gasteiger partial charge in [-0.05, 0) is 11.4 Å². The lowest BCUT2D eigenvalue weighted by Crippen LogP contribution is -2.63. The number of aromatic nitrogens is 2. The van der Waals surface area contributed by atoms with Crippen LogP contribution in [0.5, 0.6) is 0 Å². The van der Waals surface area contributed by atoms with Crippen LogP contribution in [-0.2, 0) is 0 Å². The van der Waals surface area contributed by atoms with Crippen LogP contribution in [0.3, 0.4) is 0 Å². The van der Waals surface area contributed by atoms with Gasteiger partial charge in [-0.25, -0.2) is 9.97 Å². The lowest BCUT2D eigenvalue weighted by Gasteiger charge is -2.47. The molecule has 1 atom stereocenters. The van der Waals surface area contributed by atoms with Crippen LogP contribution in [0, 0.1) is 0 Å². The van der Waals surface area contributed by atoms with Gasteiger partial charge in [0.05, 0.1) is 10.2 Å². The molecular weight excluding hydrogens is 286 g/mol. The molecule has 3 saturated heterocycles. The Kier molecular flexibility index (Phi) is 3.33. The van der Waals surface area contributed by atoms with Crippen molar-refractivity contribution in [2.75, 3.05) is 39.3 Å². The summed E-state index contributed by atoms with van der Waals surface area (Å²) < 4.78 is 0.865. The molecule has 0 radical (unpaired) electrons. The molecule has 0 aliphatic carbocycles. The van der Waals surface area contributed by atoms with Crippen molar-refractivity contribution in [1.82, 2.24) is 25.1 Å². The van der Waals surface area contributed by atoms with Crippen molar-refractivity contribution < 1.29 is 4.79 Å². The number of carbonyl (C=O) groups is 1. The summed E-state index contributed by atoms with van der Waals surface area (Å²) in [6.45, 7) is 6.29. The maximum Gasteiger partial charge on any atom is 0.271 e. The highest BCUT2D eigenvalue weighted by Gasteiger charge is 2.31. The Morgan fingerprint density at radius 2 is 2.19 bits per heavy atom. The van der Waals surface area contributed by atoms with Crippen LogP contribution in [0.25, 0.3) is 10.2 Å². The molecule has 110 valence electrons. The minimum Gasteiger partial charge on any atom is -0.349 e. The summed E-state index contributed by atoms with van der Waals surface area (Å²) in [4.78, 5) is 25.6. The van der Waals surface area contributed by atoms with Crippen molar-refractivity contribution in [3.05, 3.63) is 23.5 Å². The lowest BCUT2D eigenvalue weighted by atomic mass is 10.1. The third-order valence-electron chi connectivity index (χ3n) is 4.35. The molecule has 2 aromatic rings. The average Bonchev–Trinajstić information content (AvgIpc) is 3.02. The fourth-order valence-electron chi connectivity index (χ4n) is 3.16. The van der Waals surface area contributed by atoms with Crippen LogP contribution in [0.1, 0.15) is 10.5 Å². The van der Waals surface area contributed by atoms with Crippen molar-refractivity contribution in [3.63, 3.8) is 0 Å². The van der Waals surface area contributed by atoms with Crippen LogP contribution >= 0.6 is 11.3 Å². The first kappa shape index (κ1) is 13.1. The van der Waals surface area contributed by atoms with Crippen molar-refractivity contribution in [2.45, 2.75) is 6.04 Å². The third-order valence-corrected chi connectivity index (χ3v) is 5.26. The van der Waals surface area contributed by atoms with Crippen LogP contribution in [0.15, 0.2) is 17.8 Å². The normalized spacial score (nSPS) is 27.9. The first-order chi connectivity index (χ1) is 10.3. The molecule has 3 aliphatic heterocycles. The molecule has 0 aromatic carbocycles. The zero-order valence-electron chi connectivity index (χ0n) is 11.7. The molecule has 0 saturated carbocycles. The molecular formula is C14H17N5OS. The smallest absolute Gasteiger partial charge is 0.271 e. The van der Waals surface area contributed by atoms with Crippen LogP contribution in [0.4, 0.5) is 0 Å². The number of piperazine rings is 3. The van der Waals surface area contributed by atoms with Gasteiger partial charge >= 0.3 is 0 Å². The molecule has 3 aliphatic rings. The summed E-state index contributed by atoms with van der Waals surface area (Å²) in [6.07, 6.45) is 1.46. The Morgan fingerprint density at radius 1 is 1.33 bits per heavy atom. The Bertz CT molecular complexity index is 664. The van der Waals surface area contributed by atoms with Crippen molar-refractivity contribution >= 4 is 27.5 Å². The van der Waals surface area contributed by atoms with E-state index >= 15 is 0 Å². The third kappa shape index (κ3) is 2.41. The molecule has 3 fully saturated rings. The quantitative estimate of drug-likeness (QED) is 0.890. The zero-order chi connectivity index (χ0) is 14.2. The number of nitrogens with zero attached hydrogens (tertiary/aromatic N) is 4. The van der Waals surface area contributed by atoms with Gasteiger partial charge in [0.15, 0.2) is 0 Å². The summed E-state index contributed by atoms with van der Waals surface area (Å²) in [5.41, 5.74) is 1.33. The van der Waals surface area contributed by atoms with E-state index in [1.165, 1.54) is 17.7 Å². The standard InChI is InChI=1S/C14H17N5OS/c20-14(12-13-11(1-6-21-13)16-9-17-12)15-7-10-8-18-2-4-19(10)5-3-18/h1,6,9-10H,2-5,7-8H2,(H,15,20)/t10-/m0/s1. The molecule has 1 amide bonds. The highest BCUT2D eigenvalue weighted by molar-refractivity contribution is 7.17. The maximum atomic E-state index is 12.4. The predicted molar refractivity (Wildman–Crippen MR) is 81.5 cm³/mol. The van der Waals surface area contributed by atoms with Gasteiger partial charge in [0, 0.05) is 45.3 Å². The summed E-state index contributed by atoms with van der Waals surface area (Å²) in [6, 6.07) is 2.34. The average molecular weight is 303 g/mol. The van der Waals surface area contributed by atoms with Crippen molar-refractivity contribution in [3.8, 4) is 0 Å². The van der Waals surface area contributed by atoms with Crippen LogP contribution in [0.2, 0.25) is 0 Å². The Balaban J connectivity index is 1.45. The van der Waals surface area contributed by atoms with E-state index < -0.39 is 0 Å². The van der Waals surface area contributed by atoms with E-state index in [1.807, 2.05) is 11.4 Å². The SMILES string of the molecule is O=C(NC[C@H]1CN2CCN1CC2)c1ncnc2ccsc12. The van der Waals surface area contributed by atoms with E-state index in [9.17, 15) is 4.79 Å². The Labute approximate surface area is 126 Å². The van der Waals surface area contributed by atoms with Gasteiger partial charge in [0.2, 0.25) is 0 Å². The van der Waals surface area contributed by atoms with Gasteiger partial charge in [0.1, 0.15) is 12.0 Å².